The number of carbonyl (C=O) groups is 2. The first-order chi connectivity index (χ1) is 15.5. The van der Waals surface area contributed by atoms with Crippen molar-refractivity contribution in [2.24, 2.45) is 34.5 Å². The molecule has 2 N–H and O–H groups in total. The van der Waals surface area contributed by atoms with E-state index in [4.69, 9.17) is 4.43 Å². The van der Waals surface area contributed by atoms with Gasteiger partial charge in [-0.15, -0.1) is 0 Å². The van der Waals surface area contributed by atoms with Crippen LogP contribution in [0.3, 0.4) is 0 Å². The molecule has 190 valence electrons. The number of ketones is 2. The molecule has 0 aromatic rings. The maximum absolute atomic E-state index is 12.9. The molecule has 0 aliphatic heterocycles. The van der Waals surface area contributed by atoms with Crippen molar-refractivity contribution in [1.82, 2.24) is 0 Å². The Balaban J connectivity index is 1.86. The molecule has 5 nitrogen and oxygen atoms in total. The minimum atomic E-state index is -2.17. The summed E-state index contributed by atoms with van der Waals surface area (Å²) in [7, 11) is -2.17. The van der Waals surface area contributed by atoms with E-state index in [1.807, 2.05) is 6.08 Å². The lowest BCUT2D eigenvalue weighted by Crippen LogP contribution is -2.64. The van der Waals surface area contributed by atoms with Gasteiger partial charge in [0.2, 0.25) is 0 Å². The smallest absolute Gasteiger partial charge is 0.192 e. The van der Waals surface area contributed by atoms with Crippen LogP contribution in [0.4, 0.5) is 0 Å². The van der Waals surface area contributed by atoms with E-state index < -0.39 is 31.7 Å². The summed E-state index contributed by atoms with van der Waals surface area (Å²) >= 11 is 0. The third-order valence-electron chi connectivity index (χ3n) is 10.8. The van der Waals surface area contributed by atoms with Crippen molar-refractivity contribution >= 4 is 19.9 Å². The van der Waals surface area contributed by atoms with Gasteiger partial charge in [0.15, 0.2) is 19.9 Å². The van der Waals surface area contributed by atoms with Crippen LogP contribution in [-0.2, 0) is 14.0 Å². The normalized spacial score (nSPS) is 44.2. The number of fused-ring (bicyclic) bond motifs is 5. The van der Waals surface area contributed by atoms with Gasteiger partial charge in [0.1, 0.15) is 12.2 Å². The van der Waals surface area contributed by atoms with E-state index in [1.54, 1.807) is 6.08 Å². The van der Waals surface area contributed by atoms with Crippen molar-refractivity contribution in [3.05, 3.63) is 23.8 Å². The van der Waals surface area contributed by atoms with Crippen LogP contribution in [0.1, 0.15) is 67.2 Å². The van der Waals surface area contributed by atoms with Crippen molar-refractivity contribution < 1.29 is 24.2 Å². The fourth-order valence-corrected chi connectivity index (χ4v) is 9.31. The van der Waals surface area contributed by atoms with Gasteiger partial charge in [-0.2, -0.15) is 0 Å². The third-order valence-corrected chi connectivity index (χ3v) is 15.3. The maximum Gasteiger partial charge on any atom is 0.192 e. The summed E-state index contributed by atoms with van der Waals surface area (Å²) in [6.45, 7) is 17.1. The Hall–Kier alpha value is -1.08. The molecule has 8 atom stereocenters. The van der Waals surface area contributed by atoms with Crippen molar-refractivity contribution in [3.8, 4) is 0 Å². The molecule has 0 saturated heterocycles. The summed E-state index contributed by atoms with van der Waals surface area (Å²) in [6, 6.07) is 0. The molecule has 0 aromatic heterocycles. The van der Waals surface area contributed by atoms with E-state index >= 15 is 0 Å². The standard InChI is InChI=1S/C28H44O5Si/c1-17-13-19-20-10-12-28(32,23(31)16-29)27(20,6)15-22(33-34(7,8)25(2,3)4)24(19)26(5)11-9-18(30)14-21(17)26/h9,11,14,17,19-20,22,24,29,32H,10,12-13,15-16H2,1-8H3/t17-,19-,20-,22-,24+,26-,27-,28-/m0/s1. The molecule has 0 spiro atoms. The van der Waals surface area contributed by atoms with Crippen molar-refractivity contribution in [1.29, 1.82) is 0 Å². The number of carbonyl (C=O) groups excluding carboxylic acids is 2. The summed E-state index contributed by atoms with van der Waals surface area (Å²) < 4.78 is 7.18. The fraction of sp³-hybridized carbons (Fsp3) is 0.786. The first kappa shape index (κ1) is 26.0. The highest BCUT2D eigenvalue weighted by Crippen LogP contribution is 2.68. The first-order valence-electron chi connectivity index (χ1n) is 13.0. The predicted octanol–water partition coefficient (Wildman–Crippen LogP) is 4.83. The zero-order valence-electron chi connectivity index (χ0n) is 22.3. The average Bonchev–Trinajstić information content (AvgIpc) is 2.99. The molecule has 4 aliphatic rings. The van der Waals surface area contributed by atoms with Crippen molar-refractivity contribution in [2.75, 3.05) is 6.61 Å². The molecule has 34 heavy (non-hydrogen) atoms. The molecular formula is C28H44O5Si. The van der Waals surface area contributed by atoms with E-state index in [9.17, 15) is 19.8 Å². The number of Topliss-reactive ketones (excluding diaryl/α,β-unsaturated/α-hetero) is 1. The number of aliphatic hydroxyl groups excluding tert-OH is 1. The Morgan fingerprint density at radius 1 is 1.26 bits per heavy atom. The van der Waals surface area contributed by atoms with Crippen LogP contribution in [0, 0.1) is 34.5 Å². The van der Waals surface area contributed by atoms with Gasteiger partial charge in [0.05, 0.1) is 0 Å². The molecule has 0 bridgehead atoms. The van der Waals surface area contributed by atoms with Crippen LogP contribution in [-0.4, -0.2) is 48.4 Å². The monoisotopic (exact) mass is 488 g/mol. The molecule has 0 heterocycles. The lowest BCUT2D eigenvalue weighted by atomic mass is 9.45. The van der Waals surface area contributed by atoms with Crippen molar-refractivity contribution in [3.63, 3.8) is 0 Å². The Kier molecular flexibility index (Phi) is 6.08. The zero-order chi connectivity index (χ0) is 25.5. The number of hydrogen-bond donors (Lipinski definition) is 2. The maximum atomic E-state index is 12.9. The largest absolute Gasteiger partial charge is 0.414 e. The molecule has 0 radical (unpaired) electrons. The summed E-state index contributed by atoms with van der Waals surface area (Å²) in [5, 5.41) is 21.5. The van der Waals surface area contributed by atoms with Gasteiger partial charge in [0.25, 0.3) is 0 Å². The fourth-order valence-electron chi connectivity index (χ4n) is 7.97. The zero-order valence-corrected chi connectivity index (χ0v) is 23.3. The van der Waals surface area contributed by atoms with Gasteiger partial charge < -0.3 is 14.6 Å². The molecule has 3 saturated carbocycles. The van der Waals surface area contributed by atoms with Gasteiger partial charge in [-0.1, -0.05) is 53.2 Å². The van der Waals surface area contributed by atoms with Gasteiger partial charge in [0, 0.05) is 16.9 Å². The Bertz CT molecular complexity index is 945. The van der Waals surface area contributed by atoms with Gasteiger partial charge >= 0.3 is 0 Å². The quantitative estimate of drug-likeness (QED) is 0.554. The van der Waals surface area contributed by atoms with E-state index in [0.29, 0.717) is 12.8 Å². The molecule has 0 unspecified atom stereocenters. The van der Waals surface area contributed by atoms with Crippen LogP contribution >= 0.6 is 0 Å². The molecule has 6 heteroatoms. The minimum absolute atomic E-state index is 0.0209. The van der Waals surface area contributed by atoms with Crippen LogP contribution in [0.5, 0.6) is 0 Å². The summed E-state index contributed by atoms with van der Waals surface area (Å²) in [4.78, 5) is 25.3. The number of hydrogen-bond acceptors (Lipinski definition) is 5. The Morgan fingerprint density at radius 3 is 2.50 bits per heavy atom. The van der Waals surface area contributed by atoms with Crippen LogP contribution in [0.25, 0.3) is 0 Å². The number of aliphatic hydroxyl groups is 2. The van der Waals surface area contributed by atoms with Gasteiger partial charge in [-0.3, -0.25) is 9.59 Å². The highest BCUT2D eigenvalue weighted by Gasteiger charge is 2.69. The highest BCUT2D eigenvalue weighted by molar-refractivity contribution is 6.74. The predicted molar refractivity (Wildman–Crippen MR) is 136 cm³/mol. The molecule has 0 aromatic carbocycles. The summed E-state index contributed by atoms with van der Waals surface area (Å²) in [5.74, 6) is 0.467. The minimum Gasteiger partial charge on any atom is -0.414 e. The molecule has 4 aliphatic carbocycles. The SMILES string of the molecule is C[C@H]1C[C@@H]2[C@H]([C@@H](O[Si](C)(C)C(C)(C)C)C[C@@]3(C)[C@H]2CC[C@]3(O)C(=O)CO)[C@@]2(C)C=CC(=O)C=C12. The van der Waals surface area contributed by atoms with E-state index in [-0.39, 0.29) is 46.0 Å². The molecule has 3 fully saturated rings. The van der Waals surface area contributed by atoms with E-state index in [1.165, 1.54) is 5.57 Å². The lowest BCUT2D eigenvalue weighted by molar-refractivity contribution is -0.178. The van der Waals surface area contributed by atoms with Crippen molar-refractivity contribution in [2.45, 2.75) is 97.1 Å². The third kappa shape index (κ3) is 3.50. The number of rotatable bonds is 4. The average molecular weight is 489 g/mol. The summed E-state index contributed by atoms with van der Waals surface area (Å²) in [5.41, 5.74) is -1.25. The number of allylic oxidation sites excluding steroid dienone is 4. The second kappa shape index (κ2) is 7.96. The topological polar surface area (TPSA) is 83.8 Å². The Labute approximate surface area is 206 Å². The van der Waals surface area contributed by atoms with E-state index in [2.05, 4.69) is 60.7 Å². The van der Waals surface area contributed by atoms with E-state index in [0.717, 1.165) is 12.8 Å². The lowest BCUT2D eigenvalue weighted by Gasteiger charge is -2.62. The molecule has 4 rings (SSSR count). The second-order valence-electron chi connectivity index (χ2n) is 13.6. The van der Waals surface area contributed by atoms with Gasteiger partial charge in [-0.05, 0) is 79.6 Å². The first-order valence-corrected chi connectivity index (χ1v) is 15.9. The second-order valence-corrected chi connectivity index (χ2v) is 18.3. The molecular weight excluding hydrogens is 444 g/mol. The van der Waals surface area contributed by atoms with Crippen LogP contribution < -0.4 is 0 Å². The summed E-state index contributed by atoms with van der Waals surface area (Å²) in [6.07, 6.45) is 8.22. The molecule has 0 amide bonds. The highest BCUT2D eigenvalue weighted by atomic mass is 28.4. The van der Waals surface area contributed by atoms with Crippen LogP contribution in [0.2, 0.25) is 18.1 Å². The van der Waals surface area contributed by atoms with Gasteiger partial charge in [-0.25, -0.2) is 0 Å². The van der Waals surface area contributed by atoms with Crippen LogP contribution in [0.15, 0.2) is 23.8 Å². The Morgan fingerprint density at radius 2 is 1.91 bits per heavy atom.